The molecule has 1 heterocycles. The summed E-state index contributed by atoms with van der Waals surface area (Å²) in [5, 5.41) is 2.81. The van der Waals surface area contributed by atoms with Crippen LogP contribution in [0.1, 0.15) is 13.8 Å². The van der Waals surface area contributed by atoms with Gasteiger partial charge in [-0.2, -0.15) is 0 Å². The zero-order chi connectivity index (χ0) is 21.5. The Morgan fingerprint density at radius 1 is 0.781 bits per heavy atom. The van der Waals surface area contributed by atoms with Crippen LogP contribution in [-0.4, -0.2) is 18.5 Å². The van der Waals surface area contributed by atoms with Gasteiger partial charge in [0.2, 0.25) is 0 Å². The van der Waals surface area contributed by atoms with Crippen molar-refractivity contribution in [3.8, 4) is 0 Å². The van der Waals surface area contributed by atoms with E-state index in [1.807, 2.05) is 25.7 Å². The fraction of sp³-hybridized carbons (Fsp3) is 0.179. The van der Waals surface area contributed by atoms with Crippen LogP contribution in [-0.2, 0) is 21.8 Å². The van der Waals surface area contributed by atoms with Gasteiger partial charge in [-0.3, -0.25) is 0 Å². The first-order chi connectivity index (χ1) is 15.2. The van der Waals surface area contributed by atoms with E-state index < -0.39 is 7.92 Å². The maximum absolute atomic E-state index is 5.52. The third-order valence-electron chi connectivity index (χ3n) is 5.29. The zero-order valence-corrected chi connectivity index (χ0v) is 20.4. The molecule has 2 aliphatic carbocycles. The van der Waals surface area contributed by atoms with E-state index in [-0.39, 0.29) is 17.1 Å². The molecule has 3 aliphatic rings. The maximum atomic E-state index is 5.52. The first-order valence-electron chi connectivity index (χ1n) is 10.8. The van der Waals surface area contributed by atoms with Gasteiger partial charge in [0.1, 0.15) is 6.61 Å². The summed E-state index contributed by atoms with van der Waals surface area (Å²) in [6, 6.07) is 21.9. The van der Waals surface area contributed by atoms with Crippen molar-refractivity contribution >= 4 is 24.4 Å². The molecule has 2 aromatic rings. The van der Waals surface area contributed by atoms with Crippen molar-refractivity contribution in [2.75, 3.05) is 6.61 Å². The minimum Gasteiger partial charge on any atom is -0.478 e. The number of benzene rings is 2. The molecule has 2 fully saturated rings. The molecule has 0 unspecified atom stereocenters. The molecule has 0 saturated heterocycles. The van der Waals surface area contributed by atoms with Crippen LogP contribution in [0.4, 0.5) is 0 Å². The van der Waals surface area contributed by atoms with Gasteiger partial charge in [0.15, 0.2) is 5.90 Å². The summed E-state index contributed by atoms with van der Waals surface area (Å²) in [6.07, 6.45) is 16.8. The summed E-state index contributed by atoms with van der Waals surface area (Å²) in [5.41, 5.74) is 1.42. The molecular formula is C28H28FeNOP+2. The second-order valence-electron chi connectivity index (χ2n) is 7.88. The van der Waals surface area contributed by atoms with Gasteiger partial charge < -0.3 is 4.74 Å². The molecule has 5 rings (SSSR count). The van der Waals surface area contributed by atoms with E-state index in [1.54, 1.807) is 0 Å². The van der Waals surface area contributed by atoms with Crippen molar-refractivity contribution in [1.29, 1.82) is 0 Å². The Hall–Kier alpha value is -1.14. The molecule has 2 nitrogen and oxygen atoms in total. The SMILES string of the molecule is CC(C)[C@H]1COC([C]2[CH][CH][CH][CH]2)=N1.[CH]1[CH][CH][C](P(c2ccccc2)c2ccccc2)[CH]1.[Fe+2]. The Morgan fingerprint density at radius 3 is 1.75 bits per heavy atom. The van der Waals surface area contributed by atoms with Crippen molar-refractivity contribution in [2.45, 2.75) is 19.9 Å². The van der Waals surface area contributed by atoms with Gasteiger partial charge >= 0.3 is 17.1 Å². The first kappa shape index (κ1) is 25.5. The molecule has 1 atom stereocenters. The minimum atomic E-state index is -0.409. The predicted molar refractivity (Wildman–Crippen MR) is 132 cm³/mol. The van der Waals surface area contributed by atoms with Crippen molar-refractivity contribution in [3.05, 3.63) is 124 Å². The average molecular weight is 481 g/mol. The maximum Gasteiger partial charge on any atom is 2.00 e. The largest absolute Gasteiger partial charge is 2.00 e. The van der Waals surface area contributed by atoms with E-state index in [4.69, 9.17) is 4.74 Å². The summed E-state index contributed by atoms with van der Waals surface area (Å²) >= 11 is 0. The normalized spacial score (nSPS) is 21.1. The van der Waals surface area contributed by atoms with Gasteiger partial charge in [0, 0.05) is 5.66 Å². The molecule has 0 bridgehead atoms. The average Bonchev–Trinajstić information content (AvgIpc) is 3.58. The quantitative estimate of drug-likeness (QED) is 0.418. The summed E-state index contributed by atoms with van der Waals surface area (Å²) in [7, 11) is -0.409. The number of hydrogen-bond donors (Lipinski definition) is 0. The standard InChI is InChI=1S/C17H14P.C11H14NO.Fe/c1-3-9-15(10-4-1)18(17-13-7-8-14-17)16-11-5-2-6-12-16;1-8(2)10-7-13-11(12-10)9-5-3-4-6-9;/h1-14H;3-6,8,10H,7H2,1-2H3;/q;;+2/t;10-;/m.1./s1. The summed E-state index contributed by atoms with van der Waals surface area (Å²) in [5.74, 6) is 2.47. The molecule has 32 heavy (non-hydrogen) atoms. The third kappa shape index (κ3) is 6.69. The molecule has 2 saturated carbocycles. The fourth-order valence-corrected chi connectivity index (χ4v) is 5.82. The van der Waals surface area contributed by atoms with E-state index in [9.17, 15) is 0 Å². The van der Waals surface area contributed by atoms with Crippen LogP contribution in [0.25, 0.3) is 0 Å². The molecule has 0 N–H and O–H groups in total. The topological polar surface area (TPSA) is 21.6 Å². The van der Waals surface area contributed by atoms with E-state index >= 15 is 0 Å². The molecular weight excluding hydrogens is 453 g/mol. The molecule has 162 valence electrons. The smallest absolute Gasteiger partial charge is 0.478 e. The molecule has 0 aromatic heterocycles. The summed E-state index contributed by atoms with van der Waals surface area (Å²) in [4.78, 5) is 4.52. The molecule has 10 radical (unpaired) electrons. The van der Waals surface area contributed by atoms with E-state index in [2.05, 4.69) is 105 Å². The van der Waals surface area contributed by atoms with Crippen molar-refractivity contribution in [2.24, 2.45) is 10.9 Å². The summed E-state index contributed by atoms with van der Waals surface area (Å²) in [6.45, 7) is 5.08. The van der Waals surface area contributed by atoms with Gasteiger partial charge in [-0.25, -0.2) is 4.99 Å². The van der Waals surface area contributed by atoms with Crippen LogP contribution < -0.4 is 10.6 Å². The van der Waals surface area contributed by atoms with Crippen LogP contribution in [0.5, 0.6) is 0 Å². The Balaban J connectivity index is 0.000000184. The Kier molecular flexibility index (Phi) is 10.3. The second-order valence-corrected chi connectivity index (χ2v) is 10.1. The molecule has 1 aliphatic heterocycles. The van der Waals surface area contributed by atoms with Crippen molar-refractivity contribution in [3.63, 3.8) is 0 Å². The van der Waals surface area contributed by atoms with E-state index in [0.29, 0.717) is 12.0 Å². The number of rotatable bonds is 5. The van der Waals surface area contributed by atoms with Crippen LogP contribution in [0.2, 0.25) is 0 Å². The van der Waals surface area contributed by atoms with Gasteiger partial charge in [-0.1, -0.05) is 74.5 Å². The zero-order valence-electron chi connectivity index (χ0n) is 18.4. The molecule has 0 spiro atoms. The van der Waals surface area contributed by atoms with Crippen LogP contribution in [0.15, 0.2) is 65.7 Å². The molecule has 2 aromatic carbocycles. The first-order valence-corrected chi connectivity index (χ1v) is 12.1. The second kappa shape index (κ2) is 12.9. The van der Waals surface area contributed by atoms with E-state index in [0.717, 1.165) is 18.4 Å². The minimum absolute atomic E-state index is 0. The van der Waals surface area contributed by atoms with Crippen LogP contribution in [0.3, 0.4) is 0 Å². The number of ether oxygens (including phenoxy) is 1. The molecule has 0 amide bonds. The van der Waals surface area contributed by atoms with Crippen LogP contribution >= 0.6 is 7.92 Å². The summed E-state index contributed by atoms with van der Waals surface area (Å²) < 4.78 is 5.52. The Bertz CT molecular complexity index is 774. The Labute approximate surface area is 206 Å². The monoisotopic (exact) mass is 481 g/mol. The fourth-order valence-electron chi connectivity index (χ4n) is 3.52. The van der Waals surface area contributed by atoms with Gasteiger partial charge in [0.25, 0.3) is 0 Å². The van der Waals surface area contributed by atoms with Gasteiger partial charge in [-0.05, 0) is 75.8 Å². The van der Waals surface area contributed by atoms with Crippen molar-refractivity contribution < 1.29 is 21.8 Å². The Morgan fingerprint density at radius 2 is 1.28 bits per heavy atom. The predicted octanol–water partition coefficient (Wildman–Crippen LogP) is 5.32. The number of hydrogen-bond acceptors (Lipinski definition) is 2. The third-order valence-corrected chi connectivity index (χ3v) is 7.73. The molecule has 4 heteroatoms. The van der Waals surface area contributed by atoms with Gasteiger partial charge in [-0.15, -0.1) is 0 Å². The van der Waals surface area contributed by atoms with E-state index in [1.165, 1.54) is 16.3 Å². The van der Waals surface area contributed by atoms with Crippen LogP contribution in [0, 0.1) is 68.9 Å². The number of aliphatic imine (C=N–C) groups is 1. The number of nitrogens with zero attached hydrogens (tertiary/aromatic N) is 1. The van der Waals surface area contributed by atoms with Crippen molar-refractivity contribution in [1.82, 2.24) is 0 Å². The van der Waals surface area contributed by atoms with Gasteiger partial charge in [0.05, 0.1) is 12.0 Å².